The van der Waals surface area contributed by atoms with E-state index in [9.17, 15) is 0 Å². The summed E-state index contributed by atoms with van der Waals surface area (Å²) in [5, 5.41) is 0. The predicted molar refractivity (Wildman–Crippen MR) is 151 cm³/mol. The Morgan fingerprint density at radius 2 is 0.824 bits per heavy atom. The molecule has 0 radical (unpaired) electrons. The average molecular weight is 485 g/mol. The van der Waals surface area contributed by atoms with E-state index >= 15 is 0 Å². The molecule has 0 aliphatic heterocycles. The Kier molecular flexibility index (Phi) is 15.8. The first-order valence-electron chi connectivity index (χ1n) is 14.3. The molecule has 0 saturated heterocycles. The molecule has 2 atom stereocenters. The second kappa shape index (κ2) is 15.8. The van der Waals surface area contributed by atoms with Gasteiger partial charge in [0.2, 0.25) is 0 Å². The second-order valence-electron chi connectivity index (χ2n) is 13.3. The second-order valence-corrected chi connectivity index (χ2v) is 13.3. The molecule has 0 aliphatic carbocycles. The van der Waals surface area contributed by atoms with E-state index in [1.165, 1.54) is 12.8 Å². The Morgan fingerprint density at radius 3 is 1.06 bits per heavy atom. The Labute approximate surface area is 215 Å². The van der Waals surface area contributed by atoms with Crippen molar-refractivity contribution < 1.29 is 9.47 Å². The first-order chi connectivity index (χ1) is 15.5. The highest BCUT2D eigenvalue weighted by atomic mass is 16.5. The fourth-order valence-electron chi connectivity index (χ4n) is 5.45. The Bertz CT molecular complexity index is 468. The SMILES string of the molecule is CC(C)CC(C)N(CCN(C(C)CC(C)C)C(C)(C)CCOC(C)C)C(C)(C)CCOC(C)C. The molecule has 0 heterocycles. The summed E-state index contributed by atoms with van der Waals surface area (Å²) in [6.07, 6.45) is 5.14. The molecule has 0 aromatic heterocycles. The third-order valence-corrected chi connectivity index (χ3v) is 7.16. The van der Waals surface area contributed by atoms with Gasteiger partial charge in [0.05, 0.1) is 12.2 Å². The summed E-state index contributed by atoms with van der Waals surface area (Å²) in [5.74, 6) is 1.39. The number of hydrogen-bond donors (Lipinski definition) is 0. The molecule has 4 nitrogen and oxygen atoms in total. The van der Waals surface area contributed by atoms with E-state index < -0.39 is 0 Å². The van der Waals surface area contributed by atoms with Crippen LogP contribution in [-0.4, -0.2) is 71.5 Å². The molecular formula is C30H64N2O2. The van der Waals surface area contributed by atoms with Crippen molar-refractivity contribution in [3.63, 3.8) is 0 Å². The van der Waals surface area contributed by atoms with Crippen LogP contribution in [0.4, 0.5) is 0 Å². The zero-order valence-electron chi connectivity index (χ0n) is 25.8. The molecule has 0 aliphatic rings. The molecule has 4 heteroatoms. The monoisotopic (exact) mass is 484 g/mol. The molecule has 2 unspecified atom stereocenters. The van der Waals surface area contributed by atoms with E-state index in [0.717, 1.165) is 39.1 Å². The average Bonchev–Trinajstić information content (AvgIpc) is 2.62. The fraction of sp³-hybridized carbons (Fsp3) is 1.00. The molecule has 0 aromatic rings. The van der Waals surface area contributed by atoms with Crippen molar-refractivity contribution in [1.82, 2.24) is 9.80 Å². The highest BCUT2D eigenvalue weighted by Crippen LogP contribution is 2.29. The maximum absolute atomic E-state index is 5.96. The van der Waals surface area contributed by atoms with Gasteiger partial charge in [0, 0.05) is 49.5 Å². The van der Waals surface area contributed by atoms with Crippen LogP contribution in [0.3, 0.4) is 0 Å². The molecule has 0 rings (SSSR count). The molecule has 0 aromatic carbocycles. The predicted octanol–water partition coefficient (Wildman–Crippen LogP) is 7.65. The molecule has 0 fully saturated rings. The molecule has 0 amide bonds. The van der Waals surface area contributed by atoms with Crippen LogP contribution in [0.1, 0.15) is 123 Å². The van der Waals surface area contributed by atoms with Crippen molar-refractivity contribution in [2.45, 2.75) is 158 Å². The van der Waals surface area contributed by atoms with Crippen LogP contribution < -0.4 is 0 Å². The van der Waals surface area contributed by atoms with Crippen molar-refractivity contribution >= 4 is 0 Å². The van der Waals surface area contributed by atoms with Crippen molar-refractivity contribution in [3.05, 3.63) is 0 Å². The fourth-order valence-corrected chi connectivity index (χ4v) is 5.45. The summed E-state index contributed by atoms with van der Waals surface area (Å²) in [6, 6.07) is 1.09. The van der Waals surface area contributed by atoms with Gasteiger partial charge in [-0.15, -0.1) is 0 Å². The summed E-state index contributed by atoms with van der Waals surface area (Å²) in [5.41, 5.74) is 0.197. The minimum Gasteiger partial charge on any atom is -0.379 e. The standard InChI is InChI=1S/C30H64N2O2/c1-23(2)21-27(9)31(29(11,12)15-19-33-25(5)6)17-18-32(28(10)22-24(3)4)30(13,14)16-20-34-26(7)8/h23-28H,15-22H2,1-14H3. The maximum Gasteiger partial charge on any atom is 0.0518 e. The third kappa shape index (κ3) is 13.8. The summed E-state index contributed by atoms with van der Waals surface area (Å²) < 4.78 is 11.9. The van der Waals surface area contributed by atoms with Gasteiger partial charge in [-0.25, -0.2) is 0 Å². The van der Waals surface area contributed by atoms with E-state index in [0.29, 0.717) is 36.1 Å². The molecular weight excluding hydrogens is 420 g/mol. The van der Waals surface area contributed by atoms with Crippen LogP contribution in [0, 0.1) is 11.8 Å². The van der Waals surface area contributed by atoms with Gasteiger partial charge in [-0.3, -0.25) is 9.80 Å². The van der Waals surface area contributed by atoms with E-state index in [-0.39, 0.29) is 11.1 Å². The van der Waals surface area contributed by atoms with E-state index in [1.807, 2.05) is 0 Å². The largest absolute Gasteiger partial charge is 0.379 e. The van der Waals surface area contributed by atoms with Gasteiger partial charge in [-0.05, 0) is 107 Å². The normalized spacial score (nSPS) is 15.5. The highest BCUT2D eigenvalue weighted by Gasteiger charge is 2.35. The van der Waals surface area contributed by atoms with Crippen molar-refractivity contribution in [1.29, 1.82) is 0 Å². The van der Waals surface area contributed by atoms with Crippen molar-refractivity contribution in [3.8, 4) is 0 Å². The van der Waals surface area contributed by atoms with Gasteiger partial charge < -0.3 is 9.47 Å². The minimum absolute atomic E-state index is 0.0983. The molecule has 0 bridgehead atoms. The first kappa shape index (κ1) is 33.8. The lowest BCUT2D eigenvalue weighted by molar-refractivity contribution is -0.0185. The lowest BCUT2D eigenvalue weighted by Gasteiger charge is -2.48. The van der Waals surface area contributed by atoms with Crippen molar-refractivity contribution in [2.24, 2.45) is 11.8 Å². The third-order valence-electron chi connectivity index (χ3n) is 7.16. The van der Waals surface area contributed by atoms with Gasteiger partial charge in [0.1, 0.15) is 0 Å². The summed E-state index contributed by atoms with van der Waals surface area (Å²) in [7, 11) is 0. The first-order valence-corrected chi connectivity index (χ1v) is 14.3. The van der Waals surface area contributed by atoms with E-state index in [1.54, 1.807) is 0 Å². The summed E-state index contributed by atoms with van der Waals surface area (Å²) >= 11 is 0. The molecule has 34 heavy (non-hydrogen) atoms. The molecule has 0 N–H and O–H groups in total. The number of rotatable bonds is 19. The number of nitrogens with zero attached hydrogens (tertiary/aromatic N) is 2. The summed E-state index contributed by atoms with van der Waals surface area (Å²) in [4.78, 5) is 5.54. The lowest BCUT2D eigenvalue weighted by Crippen LogP contribution is -2.57. The van der Waals surface area contributed by atoms with Gasteiger partial charge in [-0.2, -0.15) is 0 Å². The topological polar surface area (TPSA) is 24.9 Å². The van der Waals surface area contributed by atoms with Crippen LogP contribution in [-0.2, 0) is 9.47 Å². The molecule has 0 spiro atoms. The van der Waals surface area contributed by atoms with Crippen molar-refractivity contribution in [2.75, 3.05) is 26.3 Å². The van der Waals surface area contributed by atoms with E-state index in [4.69, 9.17) is 9.47 Å². The summed E-state index contributed by atoms with van der Waals surface area (Å²) in [6.45, 7) is 36.2. The zero-order valence-corrected chi connectivity index (χ0v) is 25.8. The van der Waals surface area contributed by atoms with E-state index in [2.05, 4.69) is 107 Å². The van der Waals surface area contributed by atoms with Crippen LogP contribution >= 0.6 is 0 Å². The highest BCUT2D eigenvalue weighted by molar-refractivity contribution is 4.90. The Hall–Kier alpha value is -0.160. The maximum atomic E-state index is 5.96. The Morgan fingerprint density at radius 1 is 0.529 bits per heavy atom. The lowest BCUT2D eigenvalue weighted by atomic mass is 9.91. The van der Waals surface area contributed by atoms with Gasteiger partial charge in [0.25, 0.3) is 0 Å². The van der Waals surface area contributed by atoms with Crippen LogP contribution in [0.25, 0.3) is 0 Å². The quantitative estimate of drug-likeness (QED) is 0.188. The molecule has 206 valence electrons. The van der Waals surface area contributed by atoms with Gasteiger partial charge in [0.15, 0.2) is 0 Å². The van der Waals surface area contributed by atoms with Crippen LogP contribution in [0.15, 0.2) is 0 Å². The Balaban J connectivity index is 5.67. The van der Waals surface area contributed by atoms with Crippen LogP contribution in [0.5, 0.6) is 0 Å². The minimum atomic E-state index is 0.0983. The molecule has 0 saturated carbocycles. The van der Waals surface area contributed by atoms with Crippen LogP contribution in [0.2, 0.25) is 0 Å². The van der Waals surface area contributed by atoms with Gasteiger partial charge >= 0.3 is 0 Å². The number of ether oxygens (including phenoxy) is 2. The smallest absolute Gasteiger partial charge is 0.0518 e. The zero-order chi connectivity index (χ0) is 26.7. The number of hydrogen-bond acceptors (Lipinski definition) is 4. The van der Waals surface area contributed by atoms with Gasteiger partial charge in [-0.1, -0.05) is 27.7 Å².